The monoisotopic (exact) mass is 337 g/mol. The van der Waals surface area contributed by atoms with Gasteiger partial charge >= 0.3 is 5.97 Å². The molecule has 5 heteroatoms. The number of halogens is 1. The predicted octanol–water partition coefficient (Wildman–Crippen LogP) is 4.53. The van der Waals surface area contributed by atoms with Crippen LogP contribution in [0, 0.1) is 13.8 Å². The zero-order chi connectivity index (χ0) is 14.9. The van der Waals surface area contributed by atoms with Gasteiger partial charge in [0.2, 0.25) is 5.76 Å². The van der Waals surface area contributed by atoms with Crippen LogP contribution in [0.2, 0.25) is 0 Å². The Morgan fingerprint density at radius 2 is 1.90 bits per heavy atom. The Hall–Kier alpha value is -1.75. The highest BCUT2D eigenvalue weighted by Crippen LogP contribution is 2.28. The van der Waals surface area contributed by atoms with E-state index in [1.807, 2.05) is 32.9 Å². The van der Waals surface area contributed by atoms with Crippen LogP contribution >= 0.6 is 15.9 Å². The standard InChI is InChI=1S/C15H16BrNO3/c1-8-6-11(7-9(2)14(8)16)17-10(3)12-4-5-13(20-12)15(18)19/h4-7,10,17H,1-3H3,(H,18,19). The van der Waals surface area contributed by atoms with Crippen LogP contribution in [0.5, 0.6) is 0 Å². The van der Waals surface area contributed by atoms with E-state index in [0.717, 1.165) is 21.3 Å². The van der Waals surface area contributed by atoms with Crippen molar-refractivity contribution in [2.45, 2.75) is 26.8 Å². The van der Waals surface area contributed by atoms with Gasteiger partial charge in [0.05, 0.1) is 6.04 Å². The second-order valence-corrected chi connectivity index (χ2v) is 5.59. The third kappa shape index (κ3) is 3.04. The zero-order valence-corrected chi connectivity index (χ0v) is 13.1. The SMILES string of the molecule is Cc1cc(NC(C)c2ccc(C(=O)O)o2)cc(C)c1Br. The molecule has 1 heterocycles. The number of aromatic carboxylic acids is 1. The molecule has 4 nitrogen and oxygen atoms in total. The largest absolute Gasteiger partial charge is 0.475 e. The van der Waals surface area contributed by atoms with Crippen molar-refractivity contribution < 1.29 is 14.3 Å². The maximum atomic E-state index is 10.8. The minimum absolute atomic E-state index is 0.0446. The van der Waals surface area contributed by atoms with Crippen molar-refractivity contribution in [3.05, 3.63) is 51.4 Å². The lowest BCUT2D eigenvalue weighted by atomic mass is 10.1. The van der Waals surface area contributed by atoms with Crippen molar-refractivity contribution >= 4 is 27.6 Å². The number of carbonyl (C=O) groups is 1. The highest BCUT2D eigenvalue weighted by Gasteiger charge is 2.14. The molecule has 0 spiro atoms. The fourth-order valence-corrected chi connectivity index (χ4v) is 2.28. The average Bonchev–Trinajstić information content (AvgIpc) is 2.85. The van der Waals surface area contributed by atoms with Crippen molar-refractivity contribution in [3.63, 3.8) is 0 Å². The number of nitrogens with one attached hydrogen (secondary N) is 1. The summed E-state index contributed by atoms with van der Waals surface area (Å²) >= 11 is 3.53. The molecule has 0 aliphatic carbocycles. The summed E-state index contributed by atoms with van der Waals surface area (Å²) in [4.78, 5) is 10.8. The Labute approximate surface area is 125 Å². The number of carboxylic acid groups (broad SMARTS) is 1. The Bertz CT molecular complexity index is 625. The number of furan rings is 1. The molecule has 0 saturated heterocycles. The molecule has 106 valence electrons. The van der Waals surface area contributed by atoms with Gasteiger partial charge in [0.1, 0.15) is 5.76 Å². The fourth-order valence-electron chi connectivity index (χ4n) is 2.05. The third-order valence-corrected chi connectivity index (χ3v) is 4.33. The molecule has 0 saturated carbocycles. The summed E-state index contributed by atoms with van der Waals surface area (Å²) in [6.45, 7) is 5.99. The first-order valence-corrected chi connectivity index (χ1v) is 7.04. The van der Waals surface area contributed by atoms with E-state index < -0.39 is 5.97 Å². The number of hydrogen-bond acceptors (Lipinski definition) is 3. The molecule has 1 atom stereocenters. The van der Waals surface area contributed by atoms with Gasteiger partial charge < -0.3 is 14.8 Å². The normalized spacial score (nSPS) is 12.2. The molecule has 0 bridgehead atoms. The summed E-state index contributed by atoms with van der Waals surface area (Å²) in [5.74, 6) is -0.503. The fraction of sp³-hybridized carbons (Fsp3) is 0.267. The van der Waals surface area contributed by atoms with Gasteiger partial charge in [0, 0.05) is 10.2 Å². The van der Waals surface area contributed by atoms with Crippen LogP contribution < -0.4 is 5.32 Å². The topological polar surface area (TPSA) is 62.5 Å². The molecule has 0 fully saturated rings. The van der Waals surface area contributed by atoms with E-state index in [-0.39, 0.29) is 11.8 Å². The maximum absolute atomic E-state index is 10.8. The second-order valence-electron chi connectivity index (χ2n) is 4.80. The van der Waals surface area contributed by atoms with E-state index in [1.165, 1.54) is 6.07 Å². The first-order valence-electron chi connectivity index (χ1n) is 6.25. The molecule has 1 aromatic carbocycles. The molecule has 0 amide bonds. The van der Waals surface area contributed by atoms with Crippen molar-refractivity contribution in [2.24, 2.45) is 0 Å². The zero-order valence-electron chi connectivity index (χ0n) is 11.5. The number of anilines is 1. The molecule has 1 unspecified atom stereocenters. The Balaban J connectivity index is 2.18. The lowest BCUT2D eigenvalue weighted by Crippen LogP contribution is -2.06. The van der Waals surface area contributed by atoms with Gasteiger partial charge in [-0.25, -0.2) is 4.79 Å². The number of carboxylic acids is 1. The molecule has 20 heavy (non-hydrogen) atoms. The summed E-state index contributed by atoms with van der Waals surface area (Å²) < 4.78 is 6.39. The van der Waals surface area contributed by atoms with Gasteiger partial charge in [-0.1, -0.05) is 15.9 Å². The minimum atomic E-state index is -1.06. The van der Waals surface area contributed by atoms with Gasteiger partial charge in [0.15, 0.2) is 0 Å². The molecule has 2 aromatic rings. The highest BCUT2D eigenvalue weighted by atomic mass is 79.9. The van der Waals surface area contributed by atoms with Gasteiger partial charge in [-0.05, 0) is 56.2 Å². The summed E-state index contributed by atoms with van der Waals surface area (Å²) in [5.41, 5.74) is 3.26. The molecule has 0 aliphatic heterocycles. The first kappa shape index (κ1) is 14.7. The van der Waals surface area contributed by atoms with Gasteiger partial charge in [-0.2, -0.15) is 0 Å². The number of benzene rings is 1. The Kier molecular flexibility index (Phi) is 4.18. The van der Waals surface area contributed by atoms with E-state index >= 15 is 0 Å². The van der Waals surface area contributed by atoms with Gasteiger partial charge in [0.25, 0.3) is 0 Å². The molecule has 0 aliphatic rings. The first-order chi connectivity index (χ1) is 9.38. The van der Waals surface area contributed by atoms with Crippen LogP contribution in [-0.2, 0) is 0 Å². The van der Waals surface area contributed by atoms with Crippen LogP contribution in [0.15, 0.2) is 33.2 Å². The van der Waals surface area contributed by atoms with Crippen molar-refractivity contribution in [3.8, 4) is 0 Å². The van der Waals surface area contributed by atoms with Crippen molar-refractivity contribution in [1.29, 1.82) is 0 Å². The van der Waals surface area contributed by atoms with Crippen LogP contribution in [-0.4, -0.2) is 11.1 Å². The smallest absolute Gasteiger partial charge is 0.371 e. The Morgan fingerprint density at radius 3 is 2.40 bits per heavy atom. The van der Waals surface area contributed by atoms with Gasteiger partial charge in [-0.3, -0.25) is 0 Å². The van der Waals surface area contributed by atoms with E-state index in [9.17, 15) is 4.79 Å². The highest BCUT2D eigenvalue weighted by molar-refractivity contribution is 9.10. The predicted molar refractivity (Wildman–Crippen MR) is 81.3 cm³/mol. The number of aryl methyl sites for hydroxylation is 2. The molecule has 2 N–H and O–H groups in total. The molecule has 2 rings (SSSR count). The molecular formula is C15H16BrNO3. The lowest BCUT2D eigenvalue weighted by Gasteiger charge is -2.15. The maximum Gasteiger partial charge on any atom is 0.371 e. The van der Waals surface area contributed by atoms with E-state index in [0.29, 0.717) is 5.76 Å². The average molecular weight is 338 g/mol. The molecular weight excluding hydrogens is 322 g/mol. The van der Waals surface area contributed by atoms with E-state index in [4.69, 9.17) is 9.52 Å². The number of rotatable bonds is 4. The van der Waals surface area contributed by atoms with Crippen LogP contribution in [0.1, 0.15) is 40.4 Å². The van der Waals surface area contributed by atoms with Crippen LogP contribution in [0.25, 0.3) is 0 Å². The van der Waals surface area contributed by atoms with E-state index in [2.05, 4.69) is 21.2 Å². The summed E-state index contributed by atoms with van der Waals surface area (Å²) in [6, 6.07) is 7.11. The van der Waals surface area contributed by atoms with Crippen LogP contribution in [0.4, 0.5) is 5.69 Å². The van der Waals surface area contributed by atoms with Gasteiger partial charge in [-0.15, -0.1) is 0 Å². The summed E-state index contributed by atoms with van der Waals surface area (Å²) in [5, 5.41) is 12.2. The summed E-state index contributed by atoms with van der Waals surface area (Å²) in [6.07, 6.45) is 0. The third-order valence-electron chi connectivity index (χ3n) is 3.08. The lowest BCUT2D eigenvalue weighted by molar-refractivity contribution is 0.0660. The van der Waals surface area contributed by atoms with Crippen LogP contribution in [0.3, 0.4) is 0 Å². The van der Waals surface area contributed by atoms with E-state index in [1.54, 1.807) is 6.07 Å². The molecule has 1 aromatic heterocycles. The van der Waals surface area contributed by atoms with Crippen molar-refractivity contribution in [1.82, 2.24) is 0 Å². The second kappa shape index (κ2) is 5.71. The molecule has 0 radical (unpaired) electrons. The van der Waals surface area contributed by atoms with Crippen molar-refractivity contribution in [2.75, 3.05) is 5.32 Å². The summed E-state index contributed by atoms with van der Waals surface area (Å²) in [7, 11) is 0. The quantitative estimate of drug-likeness (QED) is 0.860. The number of hydrogen-bond donors (Lipinski definition) is 2. The Morgan fingerprint density at radius 1 is 1.30 bits per heavy atom. The minimum Gasteiger partial charge on any atom is -0.475 e.